The highest BCUT2D eigenvalue weighted by molar-refractivity contribution is 6.02. The summed E-state index contributed by atoms with van der Waals surface area (Å²) in [5.41, 5.74) is 2.60. The molecule has 0 aromatic heterocycles. The van der Waals surface area contributed by atoms with Crippen LogP contribution in [0.25, 0.3) is 0 Å². The maximum atomic E-state index is 13.2. The third-order valence-corrected chi connectivity index (χ3v) is 6.41. The van der Waals surface area contributed by atoms with Crippen molar-refractivity contribution < 1.29 is 9.59 Å². The summed E-state index contributed by atoms with van der Waals surface area (Å²) in [5, 5.41) is 6.30. The van der Waals surface area contributed by atoms with E-state index in [1.165, 1.54) is 19.3 Å². The summed E-state index contributed by atoms with van der Waals surface area (Å²) in [4.78, 5) is 28.1. The van der Waals surface area contributed by atoms with Crippen LogP contribution < -0.4 is 15.5 Å². The zero-order valence-electron chi connectivity index (χ0n) is 19.9. The van der Waals surface area contributed by atoms with Crippen LogP contribution in [0.15, 0.2) is 18.2 Å². The fourth-order valence-electron chi connectivity index (χ4n) is 5.19. The lowest BCUT2D eigenvalue weighted by atomic mass is 9.84. The standard InChI is InChI=1S/C26H41N3O2/c1-19(18-26(2,3)4)16-24(30)27-21-12-13-23(29-14-8-9-15-29)22(17-21)25(31)28-20-10-6-5-7-11-20/h12-13,17,19-20H,5-11,14-16,18H2,1-4H3,(H,27,30)(H,28,31). The van der Waals surface area contributed by atoms with E-state index in [4.69, 9.17) is 0 Å². The molecule has 1 atom stereocenters. The molecule has 1 aromatic rings. The van der Waals surface area contributed by atoms with Crippen molar-refractivity contribution in [3.05, 3.63) is 23.8 Å². The lowest BCUT2D eigenvalue weighted by Crippen LogP contribution is -2.37. The second kappa shape index (κ2) is 10.5. The second-order valence-electron chi connectivity index (χ2n) is 10.9. The Kier molecular flexibility index (Phi) is 8.01. The minimum atomic E-state index is -0.00833. The van der Waals surface area contributed by atoms with Crippen LogP contribution in [0.2, 0.25) is 0 Å². The van der Waals surface area contributed by atoms with E-state index in [1.54, 1.807) is 0 Å². The maximum Gasteiger partial charge on any atom is 0.253 e. The first-order chi connectivity index (χ1) is 14.7. The van der Waals surface area contributed by atoms with Gasteiger partial charge in [0.1, 0.15) is 0 Å². The maximum absolute atomic E-state index is 13.2. The molecule has 1 heterocycles. The van der Waals surface area contributed by atoms with Crippen LogP contribution in [0, 0.1) is 11.3 Å². The second-order valence-corrected chi connectivity index (χ2v) is 10.9. The number of amides is 2. The molecule has 1 saturated carbocycles. The zero-order chi connectivity index (χ0) is 22.4. The van der Waals surface area contributed by atoms with Crippen molar-refractivity contribution in [1.82, 2.24) is 5.32 Å². The lowest BCUT2D eigenvalue weighted by molar-refractivity contribution is -0.117. The van der Waals surface area contributed by atoms with Crippen LogP contribution >= 0.6 is 0 Å². The highest BCUT2D eigenvalue weighted by atomic mass is 16.2. The van der Waals surface area contributed by atoms with Crippen molar-refractivity contribution in [2.45, 2.75) is 91.5 Å². The lowest BCUT2D eigenvalue weighted by Gasteiger charge is -2.26. The molecule has 172 valence electrons. The van der Waals surface area contributed by atoms with E-state index in [0.29, 0.717) is 23.6 Å². The third kappa shape index (κ3) is 7.26. The third-order valence-electron chi connectivity index (χ3n) is 6.41. The number of carbonyl (C=O) groups is 2. The molecule has 2 N–H and O–H groups in total. The first kappa shape index (κ1) is 23.6. The average Bonchev–Trinajstić information content (AvgIpc) is 3.21. The first-order valence-corrected chi connectivity index (χ1v) is 12.2. The Hall–Kier alpha value is -2.04. The molecular formula is C26H41N3O2. The highest BCUT2D eigenvalue weighted by Crippen LogP contribution is 2.29. The number of carbonyl (C=O) groups excluding carboxylic acids is 2. The molecule has 2 fully saturated rings. The molecule has 31 heavy (non-hydrogen) atoms. The first-order valence-electron chi connectivity index (χ1n) is 12.2. The normalized spacial score (nSPS) is 18.6. The van der Waals surface area contributed by atoms with Gasteiger partial charge >= 0.3 is 0 Å². The summed E-state index contributed by atoms with van der Waals surface area (Å²) in [6, 6.07) is 6.09. The molecule has 2 aliphatic rings. The van der Waals surface area contributed by atoms with Gasteiger partial charge in [-0.2, -0.15) is 0 Å². The van der Waals surface area contributed by atoms with Gasteiger partial charge in [-0.15, -0.1) is 0 Å². The van der Waals surface area contributed by atoms with Crippen molar-refractivity contribution in [3.8, 4) is 0 Å². The summed E-state index contributed by atoms with van der Waals surface area (Å²) < 4.78 is 0. The van der Waals surface area contributed by atoms with Crippen LogP contribution in [0.5, 0.6) is 0 Å². The Morgan fingerprint density at radius 2 is 1.74 bits per heavy atom. The number of benzene rings is 1. The largest absolute Gasteiger partial charge is 0.371 e. The van der Waals surface area contributed by atoms with Gasteiger partial charge in [-0.05, 0) is 61.6 Å². The fraction of sp³-hybridized carbons (Fsp3) is 0.692. The highest BCUT2D eigenvalue weighted by Gasteiger charge is 2.23. The molecule has 1 aliphatic carbocycles. The number of hydrogen-bond donors (Lipinski definition) is 2. The predicted octanol–water partition coefficient (Wildman–Crippen LogP) is 5.75. The van der Waals surface area contributed by atoms with E-state index in [0.717, 1.165) is 50.9 Å². The van der Waals surface area contributed by atoms with Gasteiger partial charge in [0.2, 0.25) is 5.91 Å². The predicted molar refractivity (Wildman–Crippen MR) is 129 cm³/mol. The number of anilines is 2. The summed E-state index contributed by atoms with van der Waals surface area (Å²) in [6.07, 6.45) is 9.58. The topological polar surface area (TPSA) is 61.4 Å². The number of nitrogens with zero attached hydrogens (tertiary/aromatic N) is 1. The Morgan fingerprint density at radius 3 is 2.39 bits per heavy atom. The summed E-state index contributed by atoms with van der Waals surface area (Å²) in [7, 11) is 0. The fourth-order valence-corrected chi connectivity index (χ4v) is 5.19. The molecule has 1 aliphatic heterocycles. The molecule has 3 rings (SSSR count). The van der Waals surface area contributed by atoms with E-state index in [2.05, 4.69) is 43.2 Å². The Balaban J connectivity index is 1.71. The number of rotatable bonds is 7. The van der Waals surface area contributed by atoms with Gasteiger partial charge in [0.05, 0.1) is 5.56 Å². The monoisotopic (exact) mass is 427 g/mol. The zero-order valence-corrected chi connectivity index (χ0v) is 19.9. The molecular weight excluding hydrogens is 386 g/mol. The quantitative estimate of drug-likeness (QED) is 0.582. The van der Waals surface area contributed by atoms with E-state index < -0.39 is 0 Å². The van der Waals surface area contributed by atoms with Gasteiger partial charge in [-0.1, -0.05) is 47.0 Å². The SMILES string of the molecule is CC(CC(=O)Nc1ccc(N2CCCC2)c(C(=O)NC2CCCCC2)c1)CC(C)(C)C. The molecule has 0 spiro atoms. The smallest absolute Gasteiger partial charge is 0.253 e. The van der Waals surface area contributed by atoms with Gasteiger partial charge in [0.25, 0.3) is 5.91 Å². The summed E-state index contributed by atoms with van der Waals surface area (Å²) in [6.45, 7) is 10.7. The van der Waals surface area contributed by atoms with Crippen molar-refractivity contribution in [2.75, 3.05) is 23.3 Å². The van der Waals surface area contributed by atoms with Crippen molar-refractivity contribution >= 4 is 23.2 Å². The van der Waals surface area contributed by atoms with Crippen LogP contribution in [0.4, 0.5) is 11.4 Å². The van der Waals surface area contributed by atoms with Crippen molar-refractivity contribution in [3.63, 3.8) is 0 Å². The minimum absolute atomic E-state index is 0.00833. The van der Waals surface area contributed by atoms with Crippen LogP contribution in [-0.2, 0) is 4.79 Å². The van der Waals surface area contributed by atoms with E-state index in [9.17, 15) is 9.59 Å². The van der Waals surface area contributed by atoms with Gasteiger partial charge in [-0.3, -0.25) is 9.59 Å². The van der Waals surface area contributed by atoms with Crippen LogP contribution in [0.1, 0.15) is 95.8 Å². The van der Waals surface area contributed by atoms with Gasteiger partial charge < -0.3 is 15.5 Å². The molecule has 0 radical (unpaired) electrons. The molecule has 1 saturated heterocycles. The van der Waals surface area contributed by atoms with Crippen molar-refractivity contribution in [2.24, 2.45) is 11.3 Å². The van der Waals surface area contributed by atoms with E-state index in [-0.39, 0.29) is 23.3 Å². The van der Waals surface area contributed by atoms with Crippen LogP contribution in [0.3, 0.4) is 0 Å². The molecule has 1 aromatic carbocycles. The minimum Gasteiger partial charge on any atom is -0.371 e. The van der Waals surface area contributed by atoms with Gasteiger partial charge in [0.15, 0.2) is 0 Å². The summed E-state index contributed by atoms with van der Waals surface area (Å²) in [5.74, 6) is 0.327. The molecule has 2 amide bonds. The molecule has 5 nitrogen and oxygen atoms in total. The summed E-state index contributed by atoms with van der Waals surface area (Å²) >= 11 is 0. The molecule has 1 unspecified atom stereocenters. The average molecular weight is 428 g/mol. The Morgan fingerprint density at radius 1 is 1.06 bits per heavy atom. The molecule has 0 bridgehead atoms. The van der Waals surface area contributed by atoms with E-state index >= 15 is 0 Å². The van der Waals surface area contributed by atoms with Crippen LogP contribution in [-0.4, -0.2) is 30.9 Å². The number of hydrogen-bond acceptors (Lipinski definition) is 3. The Bertz CT molecular complexity index is 756. The van der Waals surface area contributed by atoms with Crippen molar-refractivity contribution in [1.29, 1.82) is 0 Å². The molecule has 5 heteroatoms. The number of nitrogens with one attached hydrogen (secondary N) is 2. The van der Waals surface area contributed by atoms with Gasteiger partial charge in [0, 0.05) is 36.9 Å². The Labute approximate surface area is 188 Å². The van der Waals surface area contributed by atoms with E-state index in [1.807, 2.05) is 18.2 Å². The van der Waals surface area contributed by atoms with Gasteiger partial charge in [-0.25, -0.2) is 0 Å².